The van der Waals surface area contributed by atoms with Crippen molar-refractivity contribution in [1.29, 1.82) is 0 Å². The van der Waals surface area contributed by atoms with E-state index in [0.717, 1.165) is 11.1 Å². The number of esters is 1. The molecule has 3 N–H and O–H groups in total. The molecule has 1 aliphatic rings. The van der Waals surface area contributed by atoms with Gasteiger partial charge in [-0.05, 0) is 25.1 Å². The van der Waals surface area contributed by atoms with Gasteiger partial charge in [0.05, 0.1) is 24.4 Å². The first-order valence-corrected chi connectivity index (χ1v) is 7.62. The third-order valence-corrected chi connectivity index (χ3v) is 3.72. The number of ether oxygens (including phenoxy) is 1. The maximum atomic E-state index is 11.9. The summed E-state index contributed by atoms with van der Waals surface area (Å²) in [7, 11) is -4.54. The average Bonchev–Trinajstić information content (AvgIpc) is 2.80. The Labute approximate surface area is 126 Å². The van der Waals surface area contributed by atoms with Crippen LogP contribution in [0.4, 0.5) is 11.4 Å². The summed E-state index contributed by atoms with van der Waals surface area (Å²) in [5.41, 5.74) is 5.27. The molecule has 0 radical (unpaired) electrons. The van der Waals surface area contributed by atoms with Crippen molar-refractivity contribution in [2.45, 2.75) is 18.2 Å². The fourth-order valence-corrected chi connectivity index (χ4v) is 2.47. The lowest BCUT2D eigenvalue weighted by Gasteiger charge is -2.13. The van der Waals surface area contributed by atoms with Crippen molar-refractivity contribution in [2.24, 2.45) is 5.10 Å². The minimum absolute atomic E-state index is 0.0612. The largest absolute Gasteiger partial charge is 0.461 e. The first kappa shape index (κ1) is 15.9. The van der Waals surface area contributed by atoms with Crippen molar-refractivity contribution in [1.82, 2.24) is 0 Å². The second-order valence-electron chi connectivity index (χ2n) is 4.35. The quantitative estimate of drug-likeness (QED) is 0.456. The van der Waals surface area contributed by atoms with Gasteiger partial charge in [-0.1, -0.05) is 0 Å². The van der Waals surface area contributed by atoms with Crippen molar-refractivity contribution >= 4 is 39.1 Å². The third-order valence-electron chi connectivity index (χ3n) is 2.81. The zero-order valence-electron chi connectivity index (χ0n) is 11.5. The van der Waals surface area contributed by atoms with Crippen molar-refractivity contribution < 1.29 is 27.3 Å². The molecule has 0 saturated heterocycles. The summed E-state index contributed by atoms with van der Waals surface area (Å²) in [4.78, 5) is 22.9. The number of carbonyl (C=O) groups is 2. The van der Waals surface area contributed by atoms with E-state index in [4.69, 9.17) is 15.0 Å². The molecular formula is C12H13N3O6S. The lowest BCUT2D eigenvalue weighted by molar-refractivity contribution is -0.135. The Bertz CT molecular complexity index is 771. The van der Waals surface area contributed by atoms with Gasteiger partial charge in [0.15, 0.2) is 5.71 Å². The topological polar surface area (TPSA) is 139 Å². The third kappa shape index (κ3) is 3.07. The number of nitrogens with two attached hydrogens (primary N) is 1. The molecule has 1 amide bonds. The van der Waals surface area contributed by atoms with E-state index in [1.54, 1.807) is 6.92 Å². The standard InChI is InChI=1S/C12H13N3O6S/c1-2-21-12(17)9-6-11(16)15(14-9)7-3-4-8(13)10(5-7)22(18,19)20/h3-5H,2,6,13H2,1H3,(H,18,19,20). The van der Waals surface area contributed by atoms with E-state index in [1.807, 2.05) is 0 Å². The number of anilines is 2. The summed E-state index contributed by atoms with van der Waals surface area (Å²) >= 11 is 0. The van der Waals surface area contributed by atoms with E-state index in [1.165, 1.54) is 12.1 Å². The molecule has 0 aliphatic carbocycles. The van der Waals surface area contributed by atoms with Gasteiger partial charge in [-0.3, -0.25) is 9.35 Å². The fraction of sp³-hybridized carbons (Fsp3) is 0.250. The van der Waals surface area contributed by atoms with Crippen LogP contribution in [0.3, 0.4) is 0 Å². The number of hydrazone groups is 1. The highest BCUT2D eigenvalue weighted by Gasteiger charge is 2.31. The molecule has 0 aromatic heterocycles. The lowest BCUT2D eigenvalue weighted by atomic mass is 10.2. The Morgan fingerprint density at radius 3 is 2.77 bits per heavy atom. The van der Waals surface area contributed by atoms with Gasteiger partial charge in [0, 0.05) is 0 Å². The van der Waals surface area contributed by atoms with E-state index < -0.39 is 26.9 Å². The molecule has 10 heteroatoms. The van der Waals surface area contributed by atoms with E-state index >= 15 is 0 Å². The summed E-state index contributed by atoms with van der Waals surface area (Å²) < 4.78 is 36.3. The predicted molar refractivity (Wildman–Crippen MR) is 76.8 cm³/mol. The van der Waals surface area contributed by atoms with E-state index in [9.17, 15) is 18.0 Å². The Balaban J connectivity index is 2.40. The molecule has 0 unspecified atom stereocenters. The van der Waals surface area contributed by atoms with Crippen LogP contribution in [0.1, 0.15) is 13.3 Å². The van der Waals surface area contributed by atoms with Gasteiger partial charge in [0.25, 0.3) is 16.0 Å². The van der Waals surface area contributed by atoms with Gasteiger partial charge in [-0.25, -0.2) is 4.79 Å². The molecule has 22 heavy (non-hydrogen) atoms. The Morgan fingerprint density at radius 1 is 1.50 bits per heavy atom. The first-order chi connectivity index (χ1) is 10.2. The van der Waals surface area contributed by atoms with Crippen LogP contribution < -0.4 is 10.7 Å². The van der Waals surface area contributed by atoms with Gasteiger partial charge in [-0.2, -0.15) is 18.5 Å². The lowest BCUT2D eigenvalue weighted by Crippen LogP contribution is -2.20. The summed E-state index contributed by atoms with van der Waals surface area (Å²) in [5.74, 6) is -1.25. The van der Waals surface area contributed by atoms with Gasteiger partial charge in [0.2, 0.25) is 0 Å². The first-order valence-electron chi connectivity index (χ1n) is 6.18. The number of hydrogen-bond acceptors (Lipinski definition) is 7. The monoisotopic (exact) mass is 327 g/mol. The summed E-state index contributed by atoms with van der Waals surface area (Å²) in [6, 6.07) is 3.56. The number of carbonyl (C=O) groups excluding carboxylic acids is 2. The molecule has 0 saturated carbocycles. The van der Waals surface area contributed by atoms with Crippen molar-refractivity contribution in [2.75, 3.05) is 17.3 Å². The van der Waals surface area contributed by atoms with Crippen LogP contribution in [0.2, 0.25) is 0 Å². The van der Waals surface area contributed by atoms with Gasteiger partial charge < -0.3 is 10.5 Å². The molecule has 1 aromatic rings. The molecule has 0 atom stereocenters. The maximum Gasteiger partial charge on any atom is 0.355 e. The number of benzene rings is 1. The predicted octanol–water partition coefficient (Wildman–Crippen LogP) is 0.171. The van der Waals surface area contributed by atoms with Gasteiger partial charge >= 0.3 is 5.97 Å². The zero-order chi connectivity index (χ0) is 16.5. The number of rotatable bonds is 4. The molecule has 2 rings (SSSR count). The smallest absolute Gasteiger partial charge is 0.355 e. The normalized spacial score (nSPS) is 14.9. The molecular weight excluding hydrogens is 314 g/mol. The molecule has 0 bridgehead atoms. The zero-order valence-corrected chi connectivity index (χ0v) is 12.3. The second-order valence-corrected chi connectivity index (χ2v) is 5.74. The fourth-order valence-electron chi connectivity index (χ4n) is 1.84. The van der Waals surface area contributed by atoms with Crippen LogP contribution in [-0.4, -0.2) is 37.2 Å². The molecule has 1 aliphatic heterocycles. The van der Waals surface area contributed by atoms with Gasteiger partial charge in [-0.15, -0.1) is 0 Å². The number of amides is 1. The van der Waals surface area contributed by atoms with E-state index in [0.29, 0.717) is 0 Å². The maximum absolute atomic E-state index is 11.9. The van der Waals surface area contributed by atoms with E-state index in [2.05, 4.69) is 5.10 Å². The van der Waals surface area contributed by atoms with Crippen LogP contribution >= 0.6 is 0 Å². The summed E-state index contributed by atoms with van der Waals surface area (Å²) in [6.45, 7) is 1.76. The number of hydrogen-bond donors (Lipinski definition) is 2. The highest BCUT2D eigenvalue weighted by atomic mass is 32.2. The van der Waals surface area contributed by atoms with Crippen LogP contribution in [0.15, 0.2) is 28.2 Å². The van der Waals surface area contributed by atoms with Crippen LogP contribution in [0, 0.1) is 0 Å². The summed E-state index contributed by atoms with van der Waals surface area (Å²) in [6.07, 6.45) is -0.260. The number of nitrogens with zero attached hydrogens (tertiary/aromatic N) is 2. The van der Waals surface area contributed by atoms with Crippen LogP contribution in [0.5, 0.6) is 0 Å². The van der Waals surface area contributed by atoms with Crippen molar-refractivity contribution in [3.63, 3.8) is 0 Å². The molecule has 0 fully saturated rings. The molecule has 9 nitrogen and oxygen atoms in total. The minimum Gasteiger partial charge on any atom is -0.461 e. The Hall–Kier alpha value is -2.46. The summed E-state index contributed by atoms with van der Waals surface area (Å²) in [5, 5.41) is 4.68. The molecule has 118 valence electrons. The van der Waals surface area contributed by atoms with E-state index in [-0.39, 0.29) is 30.1 Å². The highest BCUT2D eigenvalue weighted by Crippen LogP contribution is 2.27. The Kier molecular flexibility index (Phi) is 4.15. The highest BCUT2D eigenvalue weighted by molar-refractivity contribution is 7.86. The van der Waals surface area contributed by atoms with Gasteiger partial charge in [0.1, 0.15) is 4.90 Å². The number of nitrogen functional groups attached to an aromatic ring is 1. The van der Waals surface area contributed by atoms with Crippen molar-refractivity contribution in [3.05, 3.63) is 18.2 Å². The SMILES string of the molecule is CCOC(=O)C1=NN(c2ccc(N)c(S(=O)(=O)O)c2)C(=O)C1. The second kappa shape index (κ2) is 5.73. The molecule has 1 heterocycles. The Morgan fingerprint density at radius 2 is 2.18 bits per heavy atom. The van der Waals surface area contributed by atoms with Crippen molar-refractivity contribution in [3.8, 4) is 0 Å². The minimum atomic E-state index is -4.54. The van der Waals surface area contributed by atoms with Crippen LogP contribution in [-0.2, 0) is 24.4 Å². The average molecular weight is 327 g/mol. The molecule has 1 aromatic carbocycles. The van der Waals surface area contributed by atoms with Crippen LogP contribution in [0.25, 0.3) is 0 Å². The molecule has 0 spiro atoms.